The lowest BCUT2D eigenvalue weighted by Gasteiger charge is -2.17. The minimum absolute atomic E-state index is 0.0950. The molecule has 0 aliphatic heterocycles. The van der Waals surface area contributed by atoms with Crippen molar-refractivity contribution in [2.45, 2.75) is 31.6 Å². The highest BCUT2D eigenvalue weighted by Gasteiger charge is 2.64. The van der Waals surface area contributed by atoms with E-state index in [1.807, 2.05) is 19.1 Å². The summed E-state index contributed by atoms with van der Waals surface area (Å²) in [5, 5.41) is 9.94. The second-order valence-corrected chi connectivity index (χ2v) is 6.19. The van der Waals surface area contributed by atoms with Crippen LogP contribution in [0.3, 0.4) is 0 Å². The van der Waals surface area contributed by atoms with Gasteiger partial charge in [0.1, 0.15) is 11.2 Å². The Hall–Kier alpha value is -2.63. The zero-order chi connectivity index (χ0) is 18.2. The Morgan fingerprint density at radius 2 is 2.16 bits per heavy atom. The number of carboxylic acids is 1. The molecule has 132 valence electrons. The van der Waals surface area contributed by atoms with Gasteiger partial charge in [-0.05, 0) is 38.5 Å². The Morgan fingerprint density at radius 1 is 1.40 bits per heavy atom. The highest BCUT2D eigenvalue weighted by molar-refractivity contribution is 5.88. The summed E-state index contributed by atoms with van der Waals surface area (Å²) >= 11 is 0. The van der Waals surface area contributed by atoms with E-state index in [0.717, 1.165) is 5.56 Å². The number of hydrogen-bond acceptors (Lipinski definition) is 4. The molecule has 1 aliphatic carbocycles. The highest BCUT2D eigenvalue weighted by Crippen LogP contribution is 2.62. The van der Waals surface area contributed by atoms with Gasteiger partial charge in [0.15, 0.2) is 5.82 Å². The molecular formula is C19H20FNO4. The summed E-state index contributed by atoms with van der Waals surface area (Å²) in [5.74, 6) is -1.42. The largest absolute Gasteiger partial charge is 0.496 e. The minimum Gasteiger partial charge on any atom is -0.496 e. The molecule has 3 rings (SSSR count). The van der Waals surface area contributed by atoms with E-state index in [2.05, 4.69) is 4.98 Å². The van der Waals surface area contributed by atoms with Crippen molar-refractivity contribution in [1.82, 2.24) is 4.98 Å². The molecule has 1 saturated carbocycles. The fourth-order valence-electron chi connectivity index (χ4n) is 3.31. The van der Waals surface area contributed by atoms with Gasteiger partial charge in [0.05, 0.1) is 13.7 Å². The quantitative estimate of drug-likeness (QED) is 0.868. The summed E-state index contributed by atoms with van der Waals surface area (Å²) < 4.78 is 24.3. The summed E-state index contributed by atoms with van der Waals surface area (Å²) in [6.45, 7) is 3.93. The van der Waals surface area contributed by atoms with Crippen molar-refractivity contribution < 1.29 is 23.8 Å². The first kappa shape index (κ1) is 17.2. The van der Waals surface area contributed by atoms with Crippen molar-refractivity contribution in [2.24, 2.45) is 0 Å². The van der Waals surface area contributed by atoms with Gasteiger partial charge in [0, 0.05) is 17.2 Å². The first-order chi connectivity index (χ1) is 11.9. The molecule has 5 nitrogen and oxygen atoms in total. The average molecular weight is 345 g/mol. The second-order valence-electron chi connectivity index (χ2n) is 6.19. The van der Waals surface area contributed by atoms with E-state index in [1.165, 1.54) is 19.2 Å². The summed E-state index contributed by atoms with van der Waals surface area (Å²) in [6.07, 6.45) is 0.381. The minimum atomic E-state index is -1.12. The predicted octanol–water partition coefficient (Wildman–Crippen LogP) is 3.45. The fraction of sp³-hybridized carbons (Fsp3) is 0.368. The standard InChI is InChI=1S/C19H20FNO4/c1-4-25-17-14(20)6-7-15(21-17)13-10-19(13,18(22)23)12-9-11(2)5-8-16(12)24-3/h5-9,13H,4,10H2,1-3H3,(H,22,23)/t13-,19-/m1/s1. The maximum atomic E-state index is 13.8. The van der Waals surface area contributed by atoms with Gasteiger partial charge in [-0.15, -0.1) is 0 Å². The van der Waals surface area contributed by atoms with E-state index >= 15 is 0 Å². The molecule has 1 aromatic carbocycles. The molecule has 2 aromatic rings. The number of aromatic nitrogens is 1. The Labute approximate surface area is 145 Å². The molecule has 0 spiro atoms. The molecule has 25 heavy (non-hydrogen) atoms. The molecule has 1 aromatic heterocycles. The molecule has 0 amide bonds. The molecule has 1 aliphatic rings. The number of hydrogen-bond donors (Lipinski definition) is 1. The fourth-order valence-corrected chi connectivity index (χ4v) is 3.31. The molecule has 1 heterocycles. The zero-order valence-electron chi connectivity index (χ0n) is 14.4. The third-order valence-corrected chi connectivity index (χ3v) is 4.65. The Kier molecular flexibility index (Phi) is 4.37. The third kappa shape index (κ3) is 2.81. The molecule has 2 atom stereocenters. The van der Waals surface area contributed by atoms with Gasteiger partial charge in [-0.2, -0.15) is 0 Å². The van der Waals surface area contributed by atoms with Gasteiger partial charge in [-0.3, -0.25) is 4.79 Å². The number of pyridine rings is 1. The lowest BCUT2D eigenvalue weighted by atomic mass is 9.90. The summed E-state index contributed by atoms with van der Waals surface area (Å²) in [6, 6.07) is 8.27. The molecule has 0 bridgehead atoms. The van der Waals surface area contributed by atoms with Crippen LogP contribution in [0, 0.1) is 12.7 Å². The predicted molar refractivity (Wildman–Crippen MR) is 89.8 cm³/mol. The maximum Gasteiger partial charge on any atom is 0.314 e. The molecule has 6 heteroatoms. The maximum absolute atomic E-state index is 13.8. The van der Waals surface area contributed by atoms with Crippen LogP contribution in [0.2, 0.25) is 0 Å². The van der Waals surface area contributed by atoms with E-state index in [4.69, 9.17) is 9.47 Å². The molecule has 1 N–H and O–H groups in total. The lowest BCUT2D eigenvalue weighted by Crippen LogP contribution is -2.23. The number of benzene rings is 1. The van der Waals surface area contributed by atoms with Gasteiger partial charge >= 0.3 is 5.97 Å². The number of aryl methyl sites for hydroxylation is 1. The average Bonchev–Trinajstić information content (AvgIpc) is 3.34. The molecule has 0 saturated heterocycles. The van der Waals surface area contributed by atoms with Crippen molar-refractivity contribution in [3.8, 4) is 11.6 Å². The van der Waals surface area contributed by atoms with Gasteiger partial charge in [-0.25, -0.2) is 9.37 Å². The second kappa shape index (κ2) is 6.35. The number of rotatable bonds is 6. The van der Waals surface area contributed by atoms with Crippen molar-refractivity contribution in [3.05, 3.63) is 53.0 Å². The number of nitrogens with zero attached hydrogens (tertiary/aromatic N) is 1. The number of methoxy groups -OCH3 is 1. The SMILES string of the molecule is CCOc1nc([C@H]2C[C@@]2(C(=O)O)c2cc(C)ccc2OC)ccc1F. The van der Waals surface area contributed by atoms with Gasteiger partial charge < -0.3 is 14.6 Å². The topological polar surface area (TPSA) is 68.7 Å². The van der Waals surface area contributed by atoms with Crippen LogP contribution in [0.15, 0.2) is 30.3 Å². The summed E-state index contributed by atoms with van der Waals surface area (Å²) in [4.78, 5) is 16.3. The van der Waals surface area contributed by atoms with Crippen LogP contribution >= 0.6 is 0 Å². The zero-order valence-corrected chi connectivity index (χ0v) is 14.4. The van der Waals surface area contributed by atoms with E-state index in [9.17, 15) is 14.3 Å². The Bertz CT molecular complexity index is 823. The number of carbonyl (C=O) groups is 1. The van der Waals surface area contributed by atoms with Crippen molar-refractivity contribution in [2.75, 3.05) is 13.7 Å². The number of ether oxygens (including phenoxy) is 2. The smallest absolute Gasteiger partial charge is 0.314 e. The molecular weight excluding hydrogens is 325 g/mol. The highest BCUT2D eigenvalue weighted by atomic mass is 19.1. The van der Waals surface area contributed by atoms with Crippen LogP contribution in [0.5, 0.6) is 11.6 Å². The van der Waals surface area contributed by atoms with Crippen molar-refractivity contribution in [1.29, 1.82) is 0 Å². The molecule has 0 unspecified atom stereocenters. The van der Waals surface area contributed by atoms with E-state index in [1.54, 1.807) is 13.0 Å². The van der Waals surface area contributed by atoms with E-state index < -0.39 is 17.2 Å². The van der Waals surface area contributed by atoms with Crippen molar-refractivity contribution >= 4 is 5.97 Å². The Morgan fingerprint density at radius 3 is 2.80 bits per heavy atom. The number of carboxylic acid groups (broad SMARTS) is 1. The van der Waals surface area contributed by atoms with Crippen LogP contribution in [0.1, 0.15) is 36.1 Å². The Balaban J connectivity index is 2.05. The molecule has 0 radical (unpaired) electrons. The summed E-state index contributed by atoms with van der Waals surface area (Å²) in [5.41, 5.74) is 0.961. The first-order valence-electron chi connectivity index (χ1n) is 8.11. The number of halogens is 1. The molecule has 1 fully saturated rings. The van der Waals surface area contributed by atoms with Crippen LogP contribution in [0.4, 0.5) is 4.39 Å². The van der Waals surface area contributed by atoms with Crippen LogP contribution in [-0.2, 0) is 10.2 Å². The van der Waals surface area contributed by atoms with Crippen molar-refractivity contribution in [3.63, 3.8) is 0 Å². The van der Waals surface area contributed by atoms with Crippen LogP contribution in [-0.4, -0.2) is 29.8 Å². The van der Waals surface area contributed by atoms with E-state index in [-0.39, 0.29) is 18.4 Å². The monoisotopic (exact) mass is 345 g/mol. The normalized spacial score (nSPS) is 21.7. The third-order valence-electron chi connectivity index (χ3n) is 4.65. The summed E-state index contributed by atoms with van der Waals surface area (Å²) in [7, 11) is 1.52. The number of aliphatic carboxylic acids is 1. The van der Waals surface area contributed by atoms with Crippen LogP contribution in [0.25, 0.3) is 0 Å². The van der Waals surface area contributed by atoms with Gasteiger partial charge in [0.25, 0.3) is 5.88 Å². The van der Waals surface area contributed by atoms with Gasteiger partial charge in [-0.1, -0.05) is 17.7 Å². The van der Waals surface area contributed by atoms with Crippen LogP contribution < -0.4 is 9.47 Å². The lowest BCUT2D eigenvalue weighted by molar-refractivity contribution is -0.140. The first-order valence-corrected chi connectivity index (χ1v) is 8.11. The van der Waals surface area contributed by atoms with Gasteiger partial charge in [0.2, 0.25) is 0 Å². The van der Waals surface area contributed by atoms with E-state index in [0.29, 0.717) is 23.4 Å².